The summed E-state index contributed by atoms with van der Waals surface area (Å²) in [6.45, 7) is 2.89. The van der Waals surface area contributed by atoms with Gasteiger partial charge in [-0.3, -0.25) is 9.59 Å². The summed E-state index contributed by atoms with van der Waals surface area (Å²) in [7, 11) is 0. The minimum Gasteiger partial charge on any atom is -0.331 e. The van der Waals surface area contributed by atoms with Crippen LogP contribution in [0.1, 0.15) is 22.8 Å². The van der Waals surface area contributed by atoms with Crippen molar-refractivity contribution in [1.82, 2.24) is 19.3 Å². The molecule has 8 nitrogen and oxygen atoms in total. The molecule has 0 aliphatic heterocycles. The Morgan fingerprint density at radius 3 is 2.60 bits per heavy atom. The van der Waals surface area contributed by atoms with Gasteiger partial charge in [-0.15, -0.1) is 0 Å². The lowest BCUT2D eigenvalue weighted by Crippen LogP contribution is -2.14. The molecule has 0 spiro atoms. The largest absolute Gasteiger partial charge is 0.331 e. The number of hydrogen-bond acceptors (Lipinski definition) is 4. The Kier molecular flexibility index (Phi) is 6.09. The summed E-state index contributed by atoms with van der Waals surface area (Å²) < 4.78 is 3.67. The van der Waals surface area contributed by atoms with Crippen molar-refractivity contribution < 1.29 is 9.59 Å². The fourth-order valence-corrected chi connectivity index (χ4v) is 3.90. The molecule has 2 N–H and O–H groups in total. The van der Waals surface area contributed by atoms with Crippen molar-refractivity contribution in [2.75, 3.05) is 10.6 Å². The molecular formula is C27H24N6O2. The first-order valence-corrected chi connectivity index (χ1v) is 11.3. The zero-order valence-corrected chi connectivity index (χ0v) is 19.2. The molecule has 0 radical (unpaired) electrons. The number of imidazole rings is 1. The Morgan fingerprint density at radius 2 is 1.77 bits per heavy atom. The first kappa shape index (κ1) is 22.1. The molecule has 0 fully saturated rings. The van der Waals surface area contributed by atoms with Crippen molar-refractivity contribution in [3.05, 3.63) is 103 Å². The maximum Gasteiger partial charge on any atom is 0.255 e. The summed E-state index contributed by atoms with van der Waals surface area (Å²) in [6.07, 6.45) is 5.38. The number of aromatic nitrogens is 4. The van der Waals surface area contributed by atoms with E-state index in [0.29, 0.717) is 22.6 Å². The second-order valence-electron chi connectivity index (χ2n) is 8.12. The van der Waals surface area contributed by atoms with E-state index in [1.165, 1.54) is 0 Å². The topological polar surface area (TPSA) is 93.8 Å². The van der Waals surface area contributed by atoms with Gasteiger partial charge in [0.15, 0.2) is 0 Å². The zero-order chi connectivity index (χ0) is 24.2. The van der Waals surface area contributed by atoms with Crippen LogP contribution in [0.15, 0.2) is 91.5 Å². The summed E-state index contributed by atoms with van der Waals surface area (Å²) in [5, 5.41) is 10.1. The van der Waals surface area contributed by atoms with Crippen molar-refractivity contribution in [2.24, 2.45) is 0 Å². The number of rotatable bonds is 7. The standard InChI is InChI=1S/C27H24N6O2/c1-2-32-18-28-24-15-21(11-12-25(24)32)31-27(35)20-9-6-10-23(14-20)33-17-22(16-29-33)30-26(34)13-19-7-4-3-5-8-19/h3-12,14-18H,2,13H2,1H3,(H,30,34)(H,31,35). The van der Waals surface area contributed by atoms with Gasteiger partial charge in [0, 0.05) is 17.8 Å². The number of benzene rings is 3. The van der Waals surface area contributed by atoms with Crippen LogP contribution in [0.25, 0.3) is 16.7 Å². The molecule has 0 aliphatic rings. The van der Waals surface area contributed by atoms with Crippen LogP contribution in [-0.2, 0) is 17.8 Å². The average molecular weight is 465 g/mol. The number of nitrogens with zero attached hydrogens (tertiary/aromatic N) is 4. The molecule has 5 aromatic rings. The number of hydrogen-bond donors (Lipinski definition) is 2. The molecule has 0 unspecified atom stereocenters. The summed E-state index contributed by atoms with van der Waals surface area (Å²) in [6, 6.07) is 22.4. The van der Waals surface area contributed by atoms with Gasteiger partial charge in [0.25, 0.3) is 5.91 Å². The third kappa shape index (κ3) is 4.96. The molecule has 8 heteroatoms. The van der Waals surface area contributed by atoms with Crippen LogP contribution < -0.4 is 10.6 Å². The molecule has 5 rings (SSSR count). The SMILES string of the molecule is CCn1cnc2cc(NC(=O)c3cccc(-n4cc(NC(=O)Cc5ccccc5)cn4)c3)ccc21. The molecule has 2 amide bonds. The predicted molar refractivity (Wildman–Crippen MR) is 136 cm³/mol. The van der Waals surface area contributed by atoms with Gasteiger partial charge in [-0.25, -0.2) is 9.67 Å². The molecule has 3 aromatic carbocycles. The van der Waals surface area contributed by atoms with E-state index in [1.54, 1.807) is 41.6 Å². The van der Waals surface area contributed by atoms with E-state index in [1.807, 2.05) is 59.2 Å². The average Bonchev–Trinajstić information content (AvgIpc) is 3.51. The number of nitrogens with one attached hydrogen (secondary N) is 2. The van der Waals surface area contributed by atoms with E-state index in [9.17, 15) is 9.59 Å². The van der Waals surface area contributed by atoms with Gasteiger partial charge in [0.2, 0.25) is 5.91 Å². The summed E-state index contributed by atoms with van der Waals surface area (Å²) >= 11 is 0. The molecule has 0 aliphatic carbocycles. The lowest BCUT2D eigenvalue weighted by atomic mass is 10.1. The molecule has 174 valence electrons. The van der Waals surface area contributed by atoms with Gasteiger partial charge in [-0.05, 0) is 48.9 Å². The highest BCUT2D eigenvalue weighted by molar-refractivity contribution is 6.05. The summed E-state index contributed by atoms with van der Waals surface area (Å²) in [5.41, 5.74) is 5.26. The Balaban J connectivity index is 1.27. The Bertz CT molecular complexity index is 1500. The van der Waals surface area contributed by atoms with E-state index in [0.717, 1.165) is 23.1 Å². The fourth-order valence-electron chi connectivity index (χ4n) is 3.90. The van der Waals surface area contributed by atoms with Crippen molar-refractivity contribution in [3.63, 3.8) is 0 Å². The van der Waals surface area contributed by atoms with E-state index >= 15 is 0 Å². The maximum absolute atomic E-state index is 12.9. The van der Waals surface area contributed by atoms with E-state index < -0.39 is 0 Å². The number of anilines is 2. The molecule has 0 atom stereocenters. The van der Waals surface area contributed by atoms with Crippen LogP contribution in [0.4, 0.5) is 11.4 Å². The van der Waals surface area contributed by atoms with Crippen LogP contribution >= 0.6 is 0 Å². The van der Waals surface area contributed by atoms with Gasteiger partial charge >= 0.3 is 0 Å². The van der Waals surface area contributed by atoms with Crippen LogP contribution in [0.2, 0.25) is 0 Å². The van der Waals surface area contributed by atoms with E-state index in [-0.39, 0.29) is 18.2 Å². The molecular weight excluding hydrogens is 440 g/mol. The molecule has 2 aromatic heterocycles. The number of amides is 2. The minimum atomic E-state index is -0.232. The first-order chi connectivity index (χ1) is 17.1. The summed E-state index contributed by atoms with van der Waals surface area (Å²) in [4.78, 5) is 29.6. The minimum absolute atomic E-state index is 0.121. The number of fused-ring (bicyclic) bond motifs is 1. The highest BCUT2D eigenvalue weighted by atomic mass is 16.2. The second kappa shape index (κ2) is 9.64. The van der Waals surface area contributed by atoms with Gasteiger partial charge in [0.05, 0.1) is 47.6 Å². The number of aryl methyl sites for hydroxylation is 1. The van der Waals surface area contributed by atoms with E-state index in [2.05, 4.69) is 27.6 Å². The van der Waals surface area contributed by atoms with Crippen molar-refractivity contribution in [1.29, 1.82) is 0 Å². The quantitative estimate of drug-likeness (QED) is 0.366. The van der Waals surface area contributed by atoms with Crippen molar-refractivity contribution >= 4 is 34.2 Å². The lowest BCUT2D eigenvalue weighted by Gasteiger charge is -2.08. The normalized spacial score (nSPS) is 10.9. The number of carbonyl (C=O) groups excluding carboxylic acids is 2. The van der Waals surface area contributed by atoms with Crippen molar-refractivity contribution in [3.8, 4) is 5.69 Å². The Morgan fingerprint density at radius 1 is 0.914 bits per heavy atom. The third-order valence-electron chi connectivity index (χ3n) is 5.67. The van der Waals surface area contributed by atoms with Gasteiger partial charge < -0.3 is 15.2 Å². The van der Waals surface area contributed by atoms with Crippen LogP contribution in [0, 0.1) is 0 Å². The van der Waals surface area contributed by atoms with Crippen LogP contribution in [-0.4, -0.2) is 31.1 Å². The van der Waals surface area contributed by atoms with Crippen LogP contribution in [0.5, 0.6) is 0 Å². The van der Waals surface area contributed by atoms with Crippen molar-refractivity contribution in [2.45, 2.75) is 19.9 Å². The molecule has 0 saturated heterocycles. The highest BCUT2D eigenvalue weighted by Crippen LogP contribution is 2.20. The van der Waals surface area contributed by atoms with Gasteiger partial charge in [0.1, 0.15) is 0 Å². The number of carbonyl (C=O) groups is 2. The smallest absolute Gasteiger partial charge is 0.255 e. The maximum atomic E-state index is 12.9. The third-order valence-corrected chi connectivity index (χ3v) is 5.67. The Labute approximate surface area is 202 Å². The fraction of sp³-hybridized carbons (Fsp3) is 0.111. The predicted octanol–water partition coefficient (Wildman–Crippen LogP) is 4.68. The monoisotopic (exact) mass is 464 g/mol. The Hall–Kier alpha value is -4.72. The zero-order valence-electron chi connectivity index (χ0n) is 19.2. The molecule has 2 heterocycles. The van der Waals surface area contributed by atoms with Gasteiger partial charge in [-0.2, -0.15) is 5.10 Å². The molecule has 0 saturated carbocycles. The lowest BCUT2D eigenvalue weighted by molar-refractivity contribution is -0.115. The first-order valence-electron chi connectivity index (χ1n) is 11.3. The molecule has 35 heavy (non-hydrogen) atoms. The highest BCUT2D eigenvalue weighted by Gasteiger charge is 2.11. The van der Waals surface area contributed by atoms with E-state index in [4.69, 9.17) is 0 Å². The summed E-state index contributed by atoms with van der Waals surface area (Å²) in [5.74, 6) is -0.353. The molecule has 0 bridgehead atoms. The van der Waals surface area contributed by atoms with Crippen LogP contribution in [0.3, 0.4) is 0 Å². The second-order valence-corrected chi connectivity index (χ2v) is 8.12. The van der Waals surface area contributed by atoms with Gasteiger partial charge in [-0.1, -0.05) is 36.4 Å².